The van der Waals surface area contributed by atoms with Gasteiger partial charge in [-0.25, -0.2) is 9.59 Å². The van der Waals surface area contributed by atoms with Crippen molar-refractivity contribution in [3.8, 4) is 0 Å². The minimum Gasteiger partial charge on any atom is -0.467 e. The van der Waals surface area contributed by atoms with Crippen LogP contribution in [-0.2, 0) is 23.8 Å². The summed E-state index contributed by atoms with van der Waals surface area (Å²) in [6.07, 6.45) is 0.917. The predicted molar refractivity (Wildman–Crippen MR) is 106 cm³/mol. The zero-order valence-electron chi connectivity index (χ0n) is 18.4. The van der Waals surface area contributed by atoms with Crippen LogP contribution in [0.4, 0.5) is 4.79 Å². The number of aliphatic hydroxyl groups excluding tert-OH is 1. The number of likely N-dealkylation sites (tertiary alicyclic amines) is 1. The van der Waals surface area contributed by atoms with Crippen LogP contribution in [0.15, 0.2) is 0 Å². The van der Waals surface area contributed by atoms with Gasteiger partial charge < -0.3 is 24.6 Å². The Kier molecular flexibility index (Phi) is 9.35. The van der Waals surface area contributed by atoms with Gasteiger partial charge in [0.15, 0.2) is 6.04 Å². The van der Waals surface area contributed by atoms with Crippen molar-refractivity contribution in [2.75, 3.05) is 26.9 Å². The molecule has 9 nitrogen and oxygen atoms in total. The minimum atomic E-state index is -1.32. The summed E-state index contributed by atoms with van der Waals surface area (Å²) in [6.45, 7) is 9.42. The fourth-order valence-corrected chi connectivity index (χ4v) is 3.18. The summed E-state index contributed by atoms with van der Waals surface area (Å²) in [4.78, 5) is 39.4. The van der Waals surface area contributed by atoms with Gasteiger partial charge in [0.05, 0.1) is 19.8 Å². The largest absolute Gasteiger partial charge is 0.467 e. The van der Waals surface area contributed by atoms with E-state index >= 15 is 0 Å². The van der Waals surface area contributed by atoms with Gasteiger partial charge in [-0.2, -0.15) is 0 Å². The number of aliphatic hydroxyl groups is 1. The van der Waals surface area contributed by atoms with Gasteiger partial charge in [-0.1, -0.05) is 13.3 Å². The summed E-state index contributed by atoms with van der Waals surface area (Å²) in [5, 5.41) is 12.5. The average Bonchev–Trinajstić information content (AvgIpc) is 3.06. The first kappa shape index (κ1) is 25.2. The highest BCUT2D eigenvalue weighted by molar-refractivity contribution is 5.94. The lowest BCUT2D eigenvalue weighted by molar-refractivity contribution is -0.150. The second-order valence-corrected chi connectivity index (χ2v) is 8.39. The van der Waals surface area contributed by atoms with Crippen LogP contribution >= 0.6 is 0 Å². The van der Waals surface area contributed by atoms with Crippen molar-refractivity contribution in [1.82, 2.24) is 10.2 Å². The maximum Gasteiger partial charge on any atom is 0.411 e. The zero-order chi connectivity index (χ0) is 22.2. The van der Waals surface area contributed by atoms with E-state index in [4.69, 9.17) is 9.47 Å². The highest BCUT2D eigenvalue weighted by atomic mass is 16.6. The summed E-state index contributed by atoms with van der Waals surface area (Å²) < 4.78 is 15.9. The van der Waals surface area contributed by atoms with Crippen LogP contribution in [0.5, 0.6) is 0 Å². The number of carbonyl (C=O) groups excluding carboxylic acids is 3. The molecule has 1 aliphatic heterocycles. The fraction of sp³-hybridized carbons (Fsp3) is 0.850. The van der Waals surface area contributed by atoms with Crippen LogP contribution in [0.25, 0.3) is 0 Å². The van der Waals surface area contributed by atoms with E-state index in [-0.39, 0.29) is 6.61 Å². The fourth-order valence-electron chi connectivity index (χ4n) is 3.18. The number of methoxy groups -OCH3 is 1. The van der Waals surface area contributed by atoms with E-state index in [1.54, 1.807) is 20.8 Å². The smallest absolute Gasteiger partial charge is 0.411 e. The molecule has 0 bridgehead atoms. The number of unbranched alkanes of at least 4 members (excludes halogenated alkanes) is 1. The first-order chi connectivity index (χ1) is 13.5. The number of amides is 2. The Morgan fingerprint density at radius 2 is 1.93 bits per heavy atom. The summed E-state index contributed by atoms with van der Waals surface area (Å²) in [5.41, 5.74) is -2.05. The molecular formula is C20H36N2O7. The Morgan fingerprint density at radius 3 is 2.45 bits per heavy atom. The van der Waals surface area contributed by atoms with E-state index in [2.05, 4.69) is 10.1 Å². The summed E-state index contributed by atoms with van der Waals surface area (Å²) in [7, 11) is 1.18. The summed E-state index contributed by atoms with van der Waals surface area (Å²) >= 11 is 0. The van der Waals surface area contributed by atoms with Crippen LogP contribution in [0.2, 0.25) is 0 Å². The topological polar surface area (TPSA) is 114 Å². The maximum absolute atomic E-state index is 13.3. The molecule has 0 aromatic carbocycles. The zero-order valence-corrected chi connectivity index (χ0v) is 18.4. The Labute approximate surface area is 173 Å². The number of carbonyl (C=O) groups is 3. The lowest BCUT2D eigenvalue weighted by Crippen LogP contribution is -2.64. The molecule has 168 valence electrons. The average molecular weight is 417 g/mol. The van der Waals surface area contributed by atoms with Gasteiger partial charge in [0.1, 0.15) is 11.1 Å². The monoisotopic (exact) mass is 416 g/mol. The Bertz CT molecular complexity index is 574. The van der Waals surface area contributed by atoms with Gasteiger partial charge in [0, 0.05) is 13.2 Å². The minimum absolute atomic E-state index is 0.0220. The van der Waals surface area contributed by atoms with Crippen molar-refractivity contribution in [2.24, 2.45) is 0 Å². The van der Waals surface area contributed by atoms with E-state index in [1.807, 2.05) is 6.92 Å². The van der Waals surface area contributed by atoms with Crippen LogP contribution in [0, 0.1) is 0 Å². The normalized spacial score (nSPS) is 21.4. The molecule has 0 aliphatic carbocycles. The van der Waals surface area contributed by atoms with Crippen LogP contribution in [0.3, 0.4) is 0 Å². The number of rotatable bonds is 9. The molecule has 3 atom stereocenters. The molecule has 29 heavy (non-hydrogen) atoms. The van der Waals surface area contributed by atoms with E-state index in [0.717, 1.165) is 12.8 Å². The van der Waals surface area contributed by atoms with E-state index in [1.165, 1.54) is 18.9 Å². The van der Waals surface area contributed by atoms with Crippen LogP contribution in [0.1, 0.15) is 60.3 Å². The van der Waals surface area contributed by atoms with Gasteiger partial charge in [-0.05, 0) is 47.0 Å². The van der Waals surface area contributed by atoms with Crippen molar-refractivity contribution in [1.29, 1.82) is 0 Å². The van der Waals surface area contributed by atoms with Gasteiger partial charge in [-0.3, -0.25) is 9.69 Å². The molecule has 2 amide bonds. The SMILES string of the molecule is CCCCOCC1(C(=O)N[C@H](C(=O)OC)[C@@H](C)O)CCCN1C(=O)OC(C)(C)C. The van der Waals surface area contributed by atoms with E-state index < -0.39 is 41.3 Å². The lowest BCUT2D eigenvalue weighted by atomic mass is 9.95. The Morgan fingerprint density at radius 1 is 1.28 bits per heavy atom. The molecule has 9 heteroatoms. The van der Waals surface area contributed by atoms with Crippen molar-refractivity contribution in [2.45, 2.75) is 83.6 Å². The first-order valence-electron chi connectivity index (χ1n) is 10.1. The number of hydrogen-bond donors (Lipinski definition) is 2. The molecule has 0 spiro atoms. The number of hydrogen-bond acceptors (Lipinski definition) is 7. The molecule has 1 saturated heterocycles. The molecule has 1 fully saturated rings. The number of nitrogens with zero attached hydrogens (tertiary/aromatic N) is 1. The molecule has 0 aromatic heterocycles. The Balaban J connectivity index is 3.14. The van der Waals surface area contributed by atoms with Crippen molar-refractivity contribution in [3.63, 3.8) is 0 Å². The molecule has 0 radical (unpaired) electrons. The molecule has 1 aliphatic rings. The molecular weight excluding hydrogens is 380 g/mol. The molecule has 0 aromatic rings. The van der Waals surface area contributed by atoms with Crippen molar-refractivity contribution < 1.29 is 33.7 Å². The van der Waals surface area contributed by atoms with E-state index in [9.17, 15) is 19.5 Å². The molecule has 1 rings (SSSR count). The molecule has 2 N–H and O–H groups in total. The highest BCUT2D eigenvalue weighted by Gasteiger charge is 2.52. The number of nitrogens with one attached hydrogen (secondary N) is 1. The molecule has 0 saturated carbocycles. The molecule has 1 heterocycles. The van der Waals surface area contributed by atoms with Crippen LogP contribution < -0.4 is 5.32 Å². The van der Waals surface area contributed by atoms with Crippen LogP contribution in [-0.4, -0.2) is 78.1 Å². The standard InChI is InChI=1S/C20H36N2O7/c1-7-8-12-28-13-20(17(25)21-15(14(2)23)16(24)27-6)10-9-11-22(20)18(26)29-19(3,4)5/h14-15,23H,7-13H2,1-6H3,(H,21,25)/t14-,15+,20?/m1/s1. The third-order valence-electron chi connectivity index (χ3n) is 4.73. The maximum atomic E-state index is 13.3. The number of ether oxygens (including phenoxy) is 3. The highest BCUT2D eigenvalue weighted by Crippen LogP contribution is 2.32. The predicted octanol–water partition coefficient (Wildman–Crippen LogP) is 1.61. The second-order valence-electron chi connectivity index (χ2n) is 8.39. The van der Waals surface area contributed by atoms with Gasteiger partial charge >= 0.3 is 12.1 Å². The number of esters is 1. The summed E-state index contributed by atoms with van der Waals surface area (Å²) in [5.74, 6) is -1.34. The molecule has 1 unspecified atom stereocenters. The van der Waals surface area contributed by atoms with Gasteiger partial charge in [0.25, 0.3) is 0 Å². The first-order valence-corrected chi connectivity index (χ1v) is 10.1. The van der Waals surface area contributed by atoms with Gasteiger partial charge in [0.2, 0.25) is 5.91 Å². The van der Waals surface area contributed by atoms with Gasteiger partial charge in [-0.15, -0.1) is 0 Å². The van der Waals surface area contributed by atoms with E-state index in [0.29, 0.717) is 26.0 Å². The third-order valence-corrected chi connectivity index (χ3v) is 4.73. The Hall–Kier alpha value is -1.87. The quantitative estimate of drug-likeness (QED) is 0.433. The second kappa shape index (κ2) is 10.8. The lowest BCUT2D eigenvalue weighted by Gasteiger charge is -2.38. The third kappa shape index (κ3) is 6.85. The van der Waals surface area contributed by atoms with Crippen molar-refractivity contribution in [3.05, 3.63) is 0 Å². The summed E-state index contributed by atoms with van der Waals surface area (Å²) in [6, 6.07) is -1.25. The van der Waals surface area contributed by atoms with Crippen molar-refractivity contribution >= 4 is 18.0 Å².